The molecule has 8 heteroatoms. The molecule has 0 aromatic heterocycles. The number of fused-ring (bicyclic) bond motifs is 1. The molecule has 34 heavy (non-hydrogen) atoms. The Morgan fingerprint density at radius 2 is 1.76 bits per heavy atom. The van der Waals surface area contributed by atoms with Crippen LogP contribution in [0, 0.1) is 0 Å². The molecule has 4 aromatic carbocycles. The van der Waals surface area contributed by atoms with Crippen LogP contribution in [0.1, 0.15) is 15.9 Å². The molecule has 0 bridgehead atoms. The van der Waals surface area contributed by atoms with Gasteiger partial charge < -0.3 is 9.47 Å². The van der Waals surface area contributed by atoms with Gasteiger partial charge in [-0.3, -0.25) is 4.79 Å². The molecule has 0 aliphatic rings. The first-order valence-electron chi connectivity index (χ1n) is 10.2. The molecule has 1 N–H and O–H groups in total. The molecule has 0 spiro atoms. The number of benzene rings is 4. The van der Waals surface area contributed by atoms with Crippen LogP contribution in [0.2, 0.25) is 5.02 Å². The third-order valence-corrected chi connectivity index (χ3v) is 5.79. The summed E-state index contributed by atoms with van der Waals surface area (Å²) in [4.78, 5) is 24.3. The highest BCUT2D eigenvalue weighted by atomic mass is 79.9. The summed E-state index contributed by atoms with van der Waals surface area (Å²) >= 11 is 9.43. The Labute approximate surface area is 209 Å². The molecule has 170 valence electrons. The highest BCUT2D eigenvalue weighted by molar-refractivity contribution is 9.10. The molecule has 0 radical (unpaired) electrons. The maximum atomic E-state index is 12.2. The van der Waals surface area contributed by atoms with Gasteiger partial charge in [0.2, 0.25) is 0 Å². The second-order valence-corrected chi connectivity index (χ2v) is 8.38. The van der Waals surface area contributed by atoms with Crippen molar-refractivity contribution in [3.8, 4) is 11.5 Å². The summed E-state index contributed by atoms with van der Waals surface area (Å²) in [5.74, 6) is 0.0406. The van der Waals surface area contributed by atoms with Crippen molar-refractivity contribution in [1.82, 2.24) is 5.43 Å². The number of hydrogen-bond acceptors (Lipinski definition) is 5. The molecule has 0 saturated heterocycles. The molecular formula is C26H18BrClN2O4. The van der Waals surface area contributed by atoms with E-state index >= 15 is 0 Å². The number of carbonyl (C=O) groups is 2. The lowest BCUT2D eigenvalue weighted by Crippen LogP contribution is -2.24. The highest BCUT2D eigenvalue weighted by Crippen LogP contribution is 2.32. The van der Waals surface area contributed by atoms with Crippen LogP contribution in [0.15, 0.2) is 94.5 Å². The van der Waals surface area contributed by atoms with Gasteiger partial charge in [-0.05, 0) is 80.8 Å². The molecule has 0 atom stereocenters. The van der Waals surface area contributed by atoms with Crippen LogP contribution >= 0.6 is 27.5 Å². The average molecular weight is 538 g/mol. The van der Waals surface area contributed by atoms with Crippen LogP contribution in [0.25, 0.3) is 10.8 Å². The van der Waals surface area contributed by atoms with Crippen LogP contribution in [-0.2, 0) is 4.79 Å². The Hall–Kier alpha value is -3.68. The second kappa shape index (κ2) is 11.0. The SMILES string of the molecule is O=C(COc1ccc2ccccc2c1Br)N/N=C/c1ccc(OC(=O)c2cccc(Cl)c2)cc1. The van der Waals surface area contributed by atoms with Gasteiger partial charge in [0, 0.05) is 5.02 Å². The summed E-state index contributed by atoms with van der Waals surface area (Å²) in [5.41, 5.74) is 3.49. The smallest absolute Gasteiger partial charge is 0.343 e. The highest BCUT2D eigenvalue weighted by Gasteiger charge is 2.10. The minimum Gasteiger partial charge on any atom is -0.483 e. The van der Waals surface area contributed by atoms with E-state index in [2.05, 4.69) is 26.5 Å². The third kappa shape index (κ3) is 6.01. The first-order valence-corrected chi connectivity index (χ1v) is 11.4. The van der Waals surface area contributed by atoms with Gasteiger partial charge in [0.05, 0.1) is 16.3 Å². The number of nitrogens with one attached hydrogen (secondary N) is 1. The minimum atomic E-state index is -0.505. The van der Waals surface area contributed by atoms with Crippen LogP contribution in [-0.4, -0.2) is 24.7 Å². The van der Waals surface area contributed by atoms with Crippen LogP contribution in [0.3, 0.4) is 0 Å². The number of hydrogen-bond donors (Lipinski definition) is 1. The molecule has 0 unspecified atom stereocenters. The maximum absolute atomic E-state index is 12.2. The fourth-order valence-corrected chi connectivity index (χ4v) is 3.88. The predicted molar refractivity (Wildman–Crippen MR) is 136 cm³/mol. The number of hydrazone groups is 1. The van der Waals surface area contributed by atoms with E-state index in [1.165, 1.54) is 12.3 Å². The Bertz CT molecular complexity index is 1370. The first kappa shape index (κ1) is 23.5. The summed E-state index contributed by atoms with van der Waals surface area (Å²) in [7, 11) is 0. The topological polar surface area (TPSA) is 77.0 Å². The van der Waals surface area contributed by atoms with Crippen molar-refractivity contribution in [3.05, 3.63) is 106 Å². The van der Waals surface area contributed by atoms with E-state index < -0.39 is 11.9 Å². The van der Waals surface area contributed by atoms with Gasteiger partial charge in [0.25, 0.3) is 5.91 Å². The molecule has 6 nitrogen and oxygen atoms in total. The van der Waals surface area contributed by atoms with Gasteiger partial charge in [0.1, 0.15) is 11.5 Å². The van der Waals surface area contributed by atoms with Crippen molar-refractivity contribution in [2.24, 2.45) is 5.10 Å². The van der Waals surface area contributed by atoms with Crippen molar-refractivity contribution in [1.29, 1.82) is 0 Å². The quantitative estimate of drug-likeness (QED) is 0.136. The lowest BCUT2D eigenvalue weighted by Gasteiger charge is -2.09. The third-order valence-electron chi connectivity index (χ3n) is 4.74. The number of amides is 1. The van der Waals surface area contributed by atoms with E-state index in [0.717, 1.165) is 15.2 Å². The van der Waals surface area contributed by atoms with Crippen molar-refractivity contribution >= 4 is 56.4 Å². The number of esters is 1. The van der Waals surface area contributed by atoms with E-state index in [-0.39, 0.29) is 6.61 Å². The van der Waals surface area contributed by atoms with Crippen molar-refractivity contribution in [2.75, 3.05) is 6.61 Å². The van der Waals surface area contributed by atoms with Gasteiger partial charge in [-0.1, -0.05) is 48.0 Å². The molecule has 4 rings (SSSR count). The number of ether oxygens (including phenoxy) is 2. The molecule has 0 aliphatic carbocycles. The summed E-state index contributed by atoms with van der Waals surface area (Å²) in [6.45, 7) is -0.188. The second-order valence-electron chi connectivity index (χ2n) is 7.15. The molecule has 0 fully saturated rings. The standard InChI is InChI=1S/C26H18BrClN2O4/c27-25-22-7-2-1-4-18(22)10-13-23(25)33-16-24(31)30-29-15-17-8-11-21(12-9-17)34-26(32)19-5-3-6-20(28)14-19/h1-15H,16H2,(H,30,31)/b29-15+. The summed E-state index contributed by atoms with van der Waals surface area (Å²) < 4.78 is 11.7. The average Bonchev–Trinajstić information content (AvgIpc) is 2.85. The zero-order valence-electron chi connectivity index (χ0n) is 17.7. The van der Waals surface area contributed by atoms with Crippen LogP contribution < -0.4 is 14.9 Å². The Morgan fingerprint density at radius 1 is 0.971 bits per heavy atom. The van der Waals surface area contributed by atoms with Crippen LogP contribution in [0.4, 0.5) is 0 Å². The maximum Gasteiger partial charge on any atom is 0.343 e. The monoisotopic (exact) mass is 536 g/mol. The van der Waals surface area contributed by atoms with E-state index in [4.69, 9.17) is 21.1 Å². The summed E-state index contributed by atoms with van der Waals surface area (Å²) in [6, 6.07) is 24.8. The fourth-order valence-electron chi connectivity index (χ4n) is 3.08. The van der Waals surface area contributed by atoms with Crippen molar-refractivity contribution < 1.29 is 19.1 Å². The summed E-state index contributed by atoms with van der Waals surface area (Å²) in [6.07, 6.45) is 1.48. The van der Waals surface area contributed by atoms with Crippen molar-refractivity contribution in [2.45, 2.75) is 0 Å². The van der Waals surface area contributed by atoms with Gasteiger partial charge in [-0.2, -0.15) is 5.10 Å². The minimum absolute atomic E-state index is 0.188. The van der Waals surface area contributed by atoms with Gasteiger partial charge >= 0.3 is 5.97 Å². The van der Waals surface area contributed by atoms with Gasteiger partial charge in [-0.25, -0.2) is 10.2 Å². The molecule has 4 aromatic rings. The van der Waals surface area contributed by atoms with E-state index in [9.17, 15) is 9.59 Å². The van der Waals surface area contributed by atoms with E-state index in [1.54, 1.807) is 42.5 Å². The zero-order chi connectivity index (χ0) is 23.9. The molecule has 0 saturated carbocycles. The Balaban J connectivity index is 1.27. The predicted octanol–water partition coefficient (Wildman–Crippen LogP) is 6.00. The number of halogens is 2. The number of carbonyl (C=O) groups excluding carboxylic acids is 2. The normalized spacial score (nSPS) is 10.9. The molecule has 0 heterocycles. The van der Waals surface area contributed by atoms with Crippen LogP contribution in [0.5, 0.6) is 11.5 Å². The zero-order valence-corrected chi connectivity index (χ0v) is 20.0. The van der Waals surface area contributed by atoms with E-state index in [0.29, 0.717) is 27.6 Å². The fraction of sp³-hybridized carbons (Fsp3) is 0.0385. The number of rotatable bonds is 7. The molecular weight excluding hydrogens is 520 g/mol. The van der Waals surface area contributed by atoms with Gasteiger partial charge in [0.15, 0.2) is 6.61 Å². The lowest BCUT2D eigenvalue weighted by molar-refractivity contribution is -0.123. The Morgan fingerprint density at radius 3 is 2.56 bits per heavy atom. The van der Waals surface area contributed by atoms with Gasteiger partial charge in [-0.15, -0.1) is 0 Å². The van der Waals surface area contributed by atoms with E-state index in [1.807, 2.05) is 36.4 Å². The molecule has 1 amide bonds. The summed E-state index contributed by atoms with van der Waals surface area (Å²) in [5, 5.41) is 6.46. The first-order chi connectivity index (χ1) is 16.5. The molecule has 0 aliphatic heterocycles. The Kier molecular flexibility index (Phi) is 7.57. The largest absolute Gasteiger partial charge is 0.483 e. The lowest BCUT2D eigenvalue weighted by atomic mass is 10.1. The number of nitrogens with zero attached hydrogens (tertiary/aromatic N) is 1. The van der Waals surface area contributed by atoms with Crippen molar-refractivity contribution in [3.63, 3.8) is 0 Å².